The monoisotopic (exact) mass is 432 g/mol. The van der Waals surface area contributed by atoms with Gasteiger partial charge in [-0.1, -0.05) is 39.0 Å². The highest BCUT2D eigenvalue weighted by Gasteiger charge is 2.32. The summed E-state index contributed by atoms with van der Waals surface area (Å²) in [5, 5.41) is 3.00. The van der Waals surface area contributed by atoms with Gasteiger partial charge >= 0.3 is 0 Å². The lowest BCUT2D eigenvalue weighted by molar-refractivity contribution is -0.117. The van der Waals surface area contributed by atoms with Crippen LogP contribution in [0.5, 0.6) is 5.75 Å². The molecule has 0 radical (unpaired) electrons. The third kappa shape index (κ3) is 5.53. The topological polar surface area (TPSA) is 75.7 Å². The second-order valence-corrected chi connectivity index (χ2v) is 9.45. The van der Waals surface area contributed by atoms with Crippen LogP contribution in [0, 0.1) is 6.92 Å². The second-order valence-electron chi connectivity index (χ2n) is 7.59. The fourth-order valence-electron chi connectivity index (χ4n) is 3.47. The lowest BCUT2D eigenvalue weighted by atomic mass is 9.98. The lowest BCUT2D eigenvalue weighted by Gasteiger charge is -2.30. The van der Waals surface area contributed by atoms with Gasteiger partial charge in [0.15, 0.2) is 0 Å². The number of sulfonamides is 1. The second kappa shape index (κ2) is 9.98. The normalized spacial score (nSPS) is 12.5. The number of benzene rings is 2. The van der Waals surface area contributed by atoms with Gasteiger partial charge in [-0.25, -0.2) is 8.42 Å². The molecule has 164 valence electrons. The Kier molecular flexibility index (Phi) is 7.89. The van der Waals surface area contributed by atoms with Crippen molar-refractivity contribution in [3.05, 3.63) is 53.6 Å². The maximum absolute atomic E-state index is 13.3. The van der Waals surface area contributed by atoms with Gasteiger partial charge in [0.1, 0.15) is 11.8 Å². The minimum Gasteiger partial charge on any atom is -0.494 e. The first-order valence-electron chi connectivity index (χ1n) is 10.2. The summed E-state index contributed by atoms with van der Waals surface area (Å²) in [7, 11) is -3.70. The molecule has 30 heavy (non-hydrogen) atoms. The van der Waals surface area contributed by atoms with Crippen LogP contribution in [0.2, 0.25) is 0 Å². The van der Waals surface area contributed by atoms with Crippen molar-refractivity contribution in [2.75, 3.05) is 22.5 Å². The van der Waals surface area contributed by atoms with Crippen LogP contribution in [0.3, 0.4) is 0 Å². The van der Waals surface area contributed by atoms with E-state index < -0.39 is 16.1 Å². The van der Waals surface area contributed by atoms with Gasteiger partial charge in [-0.2, -0.15) is 0 Å². The maximum atomic E-state index is 13.3. The number of aryl methyl sites for hydroxylation is 1. The van der Waals surface area contributed by atoms with Crippen LogP contribution in [0.4, 0.5) is 11.4 Å². The highest BCUT2D eigenvalue weighted by Crippen LogP contribution is 2.29. The fourth-order valence-corrected chi connectivity index (χ4v) is 4.68. The molecule has 0 aliphatic rings. The van der Waals surface area contributed by atoms with Gasteiger partial charge in [0.25, 0.3) is 0 Å². The number of carbonyl (C=O) groups is 1. The summed E-state index contributed by atoms with van der Waals surface area (Å²) in [6.45, 7) is 10.3. The lowest BCUT2D eigenvalue weighted by Crippen LogP contribution is -2.47. The molecule has 2 rings (SSSR count). The van der Waals surface area contributed by atoms with Crippen LogP contribution in [0.25, 0.3) is 0 Å². The van der Waals surface area contributed by atoms with Crippen molar-refractivity contribution in [3.63, 3.8) is 0 Å². The highest BCUT2D eigenvalue weighted by molar-refractivity contribution is 7.92. The van der Waals surface area contributed by atoms with E-state index in [1.54, 1.807) is 31.2 Å². The summed E-state index contributed by atoms with van der Waals surface area (Å²) in [6.07, 6.45) is 1.45. The molecular formula is C23H32N2O4S. The molecule has 0 aliphatic carbocycles. The van der Waals surface area contributed by atoms with E-state index in [0.29, 0.717) is 24.5 Å². The molecule has 0 saturated carbocycles. The Morgan fingerprint density at radius 3 is 2.23 bits per heavy atom. The summed E-state index contributed by atoms with van der Waals surface area (Å²) < 4.78 is 31.9. The summed E-state index contributed by atoms with van der Waals surface area (Å²) >= 11 is 0. The van der Waals surface area contributed by atoms with Crippen LogP contribution in [0.15, 0.2) is 42.5 Å². The highest BCUT2D eigenvalue weighted by atomic mass is 32.2. The number of hydrogen-bond acceptors (Lipinski definition) is 4. The van der Waals surface area contributed by atoms with E-state index >= 15 is 0 Å². The quantitative estimate of drug-likeness (QED) is 0.623. The maximum Gasteiger partial charge on any atom is 0.248 e. The zero-order valence-electron chi connectivity index (χ0n) is 18.6. The Balaban J connectivity index is 2.42. The number of nitrogens with zero attached hydrogens (tertiary/aromatic N) is 1. The minimum atomic E-state index is -3.70. The Bertz CT molecular complexity index is 969. The molecule has 1 amide bonds. The van der Waals surface area contributed by atoms with E-state index in [1.165, 1.54) is 4.31 Å². The summed E-state index contributed by atoms with van der Waals surface area (Å²) in [4.78, 5) is 13.3. The average Bonchev–Trinajstić information content (AvgIpc) is 2.67. The van der Waals surface area contributed by atoms with Crippen LogP contribution < -0.4 is 14.4 Å². The molecule has 0 bridgehead atoms. The molecule has 0 aliphatic heterocycles. The Morgan fingerprint density at radius 2 is 1.73 bits per heavy atom. The molecule has 0 aromatic heterocycles. The number of anilines is 2. The fraction of sp³-hybridized carbons (Fsp3) is 0.435. The average molecular weight is 433 g/mol. The summed E-state index contributed by atoms with van der Waals surface area (Å²) in [5.41, 5.74) is 3.13. The summed E-state index contributed by atoms with van der Waals surface area (Å²) in [5.74, 6) is 0.513. The molecule has 6 nitrogen and oxygen atoms in total. The van der Waals surface area contributed by atoms with Crippen LogP contribution in [-0.2, 0) is 14.8 Å². The predicted octanol–water partition coefficient (Wildman–Crippen LogP) is 4.70. The Morgan fingerprint density at radius 1 is 1.10 bits per heavy atom. The summed E-state index contributed by atoms with van der Waals surface area (Å²) in [6, 6.07) is 11.7. The molecular weight excluding hydrogens is 400 g/mol. The van der Waals surface area contributed by atoms with E-state index in [9.17, 15) is 13.2 Å². The molecule has 2 aromatic rings. The number of amides is 1. The molecule has 1 atom stereocenters. The van der Waals surface area contributed by atoms with Crippen molar-refractivity contribution in [2.45, 2.75) is 53.0 Å². The van der Waals surface area contributed by atoms with Gasteiger partial charge in [-0.05, 0) is 61.6 Å². The molecule has 0 saturated heterocycles. The molecule has 0 spiro atoms. The SMILES string of the molecule is CCOc1ccc(N(C(CC)C(=O)Nc2c(C)cccc2C(C)C)S(C)(=O)=O)cc1. The number of nitrogens with one attached hydrogen (secondary N) is 1. The first-order chi connectivity index (χ1) is 14.1. The molecule has 7 heteroatoms. The third-order valence-electron chi connectivity index (χ3n) is 4.91. The standard InChI is InChI=1S/C23H32N2O4S/c1-7-21(23(26)24-22-17(5)10-9-11-20(22)16(3)4)25(30(6,27)28)18-12-14-19(15-13-18)29-8-2/h9-16,21H,7-8H2,1-6H3,(H,24,26). The van der Waals surface area contributed by atoms with Gasteiger partial charge in [0.2, 0.25) is 15.9 Å². The van der Waals surface area contributed by atoms with Gasteiger partial charge in [0.05, 0.1) is 18.6 Å². The van der Waals surface area contributed by atoms with Gasteiger partial charge in [-0.3, -0.25) is 9.10 Å². The van der Waals surface area contributed by atoms with E-state index in [4.69, 9.17) is 4.74 Å². The molecule has 1 unspecified atom stereocenters. The Labute approximate surface area is 180 Å². The van der Waals surface area contributed by atoms with Gasteiger partial charge in [-0.15, -0.1) is 0 Å². The number of hydrogen-bond donors (Lipinski definition) is 1. The number of para-hydroxylation sites is 1. The smallest absolute Gasteiger partial charge is 0.248 e. The van der Waals surface area contributed by atoms with Crippen molar-refractivity contribution in [2.24, 2.45) is 0 Å². The first kappa shape index (κ1) is 23.7. The largest absolute Gasteiger partial charge is 0.494 e. The molecule has 0 fully saturated rings. The van der Waals surface area contributed by atoms with Crippen molar-refractivity contribution in [1.29, 1.82) is 0 Å². The van der Waals surface area contributed by atoms with Crippen LogP contribution >= 0.6 is 0 Å². The van der Waals surface area contributed by atoms with E-state index in [1.807, 2.05) is 32.0 Å². The first-order valence-corrected chi connectivity index (χ1v) is 12.1. The van der Waals surface area contributed by atoms with E-state index in [-0.39, 0.29) is 11.8 Å². The minimum absolute atomic E-state index is 0.220. The zero-order chi connectivity index (χ0) is 22.5. The van der Waals surface area contributed by atoms with E-state index in [0.717, 1.165) is 23.1 Å². The van der Waals surface area contributed by atoms with Gasteiger partial charge < -0.3 is 10.1 Å². The van der Waals surface area contributed by atoms with Crippen LogP contribution in [-0.4, -0.2) is 33.2 Å². The number of carbonyl (C=O) groups excluding carboxylic acids is 1. The molecule has 2 aromatic carbocycles. The molecule has 1 N–H and O–H groups in total. The van der Waals surface area contributed by atoms with Gasteiger partial charge in [0, 0.05) is 5.69 Å². The van der Waals surface area contributed by atoms with Crippen molar-refractivity contribution >= 4 is 27.3 Å². The number of rotatable bonds is 9. The van der Waals surface area contributed by atoms with E-state index in [2.05, 4.69) is 19.2 Å². The van der Waals surface area contributed by atoms with Crippen molar-refractivity contribution < 1.29 is 17.9 Å². The van der Waals surface area contributed by atoms with Crippen molar-refractivity contribution in [3.8, 4) is 5.75 Å². The third-order valence-corrected chi connectivity index (χ3v) is 6.09. The molecule has 0 heterocycles. The number of ether oxygens (including phenoxy) is 1. The van der Waals surface area contributed by atoms with Crippen LogP contribution in [0.1, 0.15) is 51.2 Å². The Hall–Kier alpha value is -2.54. The predicted molar refractivity (Wildman–Crippen MR) is 123 cm³/mol. The van der Waals surface area contributed by atoms with Crippen molar-refractivity contribution in [1.82, 2.24) is 0 Å². The zero-order valence-corrected chi connectivity index (χ0v) is 19.4.